The number of nitrogens with two attached hydrogens (primary N) is 1. The van der Waals surface area contributed by atoms with Crippen molar-refractivity contribution in [2.75, 3.05) is 5.73 Å². The average Bonchev–Trinajstić information content (AvgIpc) is 3.01. The van der Waals surface area contributed by atoms with E-state index in [4.69, 9.17) is 5.73 Å². The van der Waals surface area contributed by atoms with Gasteiger partial charge in [0.2, 0.25) is 0 Å². The standard InChI is InChI=1S/C14H19N5/c1-10-5-6-11(15)9-12(10)13-16-17-18-19(13)14(2)7-3-4-8-14/h5-6,9H,3-4,7-8,15H2,1-2H3. The molecule has 0 spiro atoms. The van der Waals surface area contributed by atoms with E-state index < -0.39 is 0 Å². The average molecular weight is 257 g/mol. The van der Waals surface area contributed by atoms with E-state index in [1.54, 1.807) is 0 Å². The summed E-state index contributed by atoms with van der Waals surface area (Å²) in [5, 5.41) is 12.3. The van der Waals surface area contributed by atoms with Gasteiger partial charge in [-0.15, -0.1) is 5.10 Å². The lowest BCUT2D eigenvalue weighted by Gasteiger charge is -2.25. The van der Waals surface area contributed by atoms with Gasteiger partial charge in [-0.25, -0.2) is 4.68 Å². The fourth-order valence-corrected chi connectivity index (χ4v) is 2.95. The summed E-state index contributed by atoms with van der Waals surface area (Å²) in [6.07, 6.45) is 4.75. The third-order valence-corrected chi connectivity index (χ3v) is 4.16. The Morgan fingerprint density at radius 1 is 1.26 bits per heavy atom. The largest absolute Gasteiger partial charge is 0.399 e. The summed E-state index contributed by atoms with van der Waals surface area (Å²) in [6.45, 7) is 4.30. The Bertz CT molecular complexity index is 596. The van der Waals surface area contributed by atoms with Crippen molar-refractivity contribution >= 4 is 5.69 Å². The molecular weight excluding hydrogens is 238 g/mol. The maximum absolute atomic E-state index is 5.89. The number of nitrogen functional groups attached to an aromatic ring is 1. The Morgan fingerprint density at radius 2 is 2.00 bits per heavy atom. The topological polar surface area (TPSA) is 69.6 Å². The van der Waals surface area contributed by atoms with Gasteiger partial charge in [-0.1, -0.05) is 18.9 Å². The molecule has 100 valence electrons. The van der Waals surface area contributed by atoms with Gasteiger partial charge in [-0.2, -0.15) is 0 Å². The molecule has 0 unspecified atom stereocenters. The van der Waals surface area contributed by atoms with Crippen LogP contribution in [0.3, 0.4) is 0 Å². The van der Waals surface area contributed by atoms with E-state index in [0.29, 0.717) is 0 Å². The van der Waals surface area contributed by atoms with E-state index in [2.05, 4.69) is 29.4 Å². The highest BCUT2D eigenvalue weighted by Gasteiger charge is 2.34. The van der Waals surface area contributed by atoms with Crippen molar-refractivity contribution in [1.29, 1.82) is 0 Å². The number of tetrazole rings is 1. The highest BCUT2D eigenvalue weighted by molar-refractivity contribution is 5.65. The van der Waals surface area contributed by atoms with Crippen molar-refractivity contribution in [1.82, 2.24) is 20.2 Å². The van der Waals surface area contributed by atoms with Gasteiger partial charge in [0.05, 0.1) is 5.54 Å². The van der Waals surface area contributed by atoms with Crippen LogP contribution in [0.25, 0.3) is 11.4 Å². The molecule has 0 bridgehead atoms. The van der Waals surface area contributed by atoms with E-state index in [0.717, 1.165) is 35.5 Å². The quantitative estimate of drug-likeness (QED) is 0.839. The Morgan fingerprint density at radius 3 is 2.74 bits per heavy atom. The van der Waals surface area contributed by atoms with Gasteiger partial charge in [-0.05, 0) is 54.8 Å². The van der Waals surface area contributed by atoms with Gasteiger partial charge in [0.1, 0.15) is 0 Å². The zero-order valence-electron chi connectivity index (χ0n) is 11.4. The van der Waals surface area contributed by atoms with Crippen molar-refractivity contribution in [2.45, 2.75) is 45.1 Å². The van der Waals surface area contributed by atoms with Crippen molar-refractivity contribution in [3.8, 4) is 11.4 Å². The molecule has 0 aliphatic heterocycles. The number of aryl methyl sites for hydroxylation is 1. The summed E-state index contributed by atoms with van der Waals surface area (Å²) in [7, 11) is 0. The van der Waals surface area contributed by atoms with Gasteiger partial charge in [0.25, 0.3) is 0 Å². The minimum absolute atomic E-state index is 0.0376. The molecule has 2 N–H and O–H groups in total. The zero-order valence-corrected chi connectivity index (χ0v) is 11.4. The van der Waals surface area contributed by atoms with Crippen LogP contribution in [0.2, 0.25) is 0 Å². The van der Waals surface area contributed by atoms with Crippen LogP contribution < -0.4 is 5.73 Å². The molecule has 19 heavy (non-hydrogen) atoms. The lowest BCUT2D eigenvalue weighted by molar-refractivity contribution is 0.292. The van der Waals surface area contributed by atoms with E-state index in [-0.39, 0.29) is 5.54 Å². The molecular formula is C14H19N5. The molecule has 1 aromatic carbocycles. The molecule has 1 aliphatic carbocycles. The van der Waals surface area contributed by atoms with Crippen molar-refractivity contribution < 1.29 is 0 Å². The number of nitrogens with zero attached hydrogens (tertiary/aromatic N) is 4. The smallest absolute Gasteiger partial charge is 0.182 e. The molecule has 5 nitrogen and oxygen atoms in total. The van der Waals surface area contributed by atoms with Crippen molar-refractivity contribution in [2.24, 2.45) is 0 Å². The number of hydrogen-bond donors (Lipinski definition) is 1. The van der Waals surface area contributed by atoms with Gasteiger partial charge >= 0.3 is 0 Å². The maximum atomic E-state index is 5.89. The third-order valence-electron chi connectivity index (χ3n) is 4.16. The number of benzene rings is 1. The van der Waals surface area contributed by atoms with Gasteiger partial charge < -0.3 is 5.73 Å². The number of aromatic nitrogens is 4. The summed E-state index contributed by atoms with van der Waals surface area (Å²) in [5.41, 5.74) is 8.84. The molecule has 1 aromatic heterocycles. The summed E-state index contributed by atoms with van der Waals surface area (Å²) in [4.78, 5) is 0. The second kappa shape index (κ2) is 4.33. The van der Waals surface area contributed by atoms with Crippen LogP contribution in [-0.2, 0) is 5.54 Å². The maximum Gasteiger partial charge on any atom is 0.182 e. The van der Waals surface area contributed by atoms with E-state index in [1.165, 1.54) is 12.8 Å². The van der Waals surface area contributed by atoms with E-state index in [9.17, 15) is 0 Å². The van der Waals surface area contributed by atoms with Gasteiger partial charge in [0.15, 0.2) is 5.82 Å². The van der Waals surface area contributed by atoms with Crippen LogP contribution >= 0.6 is 0 Å². The fraction of sp³-hybridized carbons (Fsp3) is 0.500. The molecule has 1 aliphatic rings. The van der Waals surface area contributed by atoms with Crippen LogP contribution in [0, 0.1) is 6.92 Å². The second-order valence-electron chi connectivity index (χ2n) is 5.69. The lowest BCUT2D eigenvalue weighted by atomic mass is 9.99. The SMILES string of the molecule is Cc1ccc(N)cc1-c1nnnn1C1(C)CCCC1. The van der Waals surface area contributed by atoms with Gasteiger partial charge in [-0.3, -0.25) is 0 Å². The Balaban J connectivity index is 2.12. The van der Waals surface area contributed by atoms with Crippen LogP contribution in [0.5, 0.6) is 0 Å². The first-order chi connectivity index (χ1) is 9.10. The fourth-order valence-electron chi connectivity index (χ4n) is 2.95. The minimum atomic E-state index is 0.0376. The molecule has 0 radical (unpaired) electrons. The normalized spacial score (nSPS) is 17.8. The molecule has 5 heteroatoms. The Hall–Kier alpha value is -1.91. The predicted molar refractivity (Wildman–Crippen MR) is 74.5 cm³/mol. The Kier molecular flexibility index (Phi) is 2.77. The van der Waals surface area contributed by atoms with Gasteiger partial charge in [0, 0.05) is 11.3 Å². The summed E-state index contributed by atoms with van der Waals surface area (Å²) in [5.74, 6) is 0.828. The van der Waals surface area contributed by atoms with Crippen LogP contribution in [0.15, 0.2) is 18.2 Å². The molecule has 1 saturated carbocycles. The molecule has 2 aromatic rings. The number of hydrogen-bond acceptors (Lipinski definition) is 4. The van der Waals surface area contributed by atoms with E-state index >= 15 is 0 Å². The molecule has 1 fully saturated rings. The third kappa shape index (κ3) is 1.99. The highest BCUT2D eigenvalue weighted by atomic mass is 15.6. The van der Waals surface area contributed by atoms with Crippen molar-refractivity contribution in [3.63, 3.8) is 0 Å². The van der Waals surface area contributed by atoms with E-state index in [1.807, 2.05) is 22.9 Å². The Labute approximate surface area is 112 Å². The summed E-state index contributed by atoms with van der Waals surface area (Å²) >= 11 is 0. The first-order valence-electron chi connectivity index (χ1n) is 6.75. The second-order valence-corrected chi connectivity index (χ2v) is 5.69. The first-order valence-corrected chi connectivity index (χ1v) is 6.75. The number of rotatable bonds is 2. The van der Waals surface area contributed by atoms with Crippen LogP contribution in [-0.4, -0.2) is 20.2 Å². The summed E-state index contributed by atoms with van der Waals surface area (Å²) < 4.78 is 1.99. The molecule has 1 heterocycles. The first kappa shape index (κ1) is 12.1. The van der Waals surface area contributed by atoms with Crippen molar-refractivity contribution in [3.05, 3.63) is 23.8 Å². The summed E-state index contributed by atoms with van der Waals surface area (Å²) in [6, 6.07) is 5.88. The monoisotopic (exact) mass is 257 g/mol. The predicted octanol–water partition coefficient (Wildman–Crippen LogP) is 2.52. The minimum Gasteiger partial charge on any atom is -0.399 e. The zero-order chi connectivity index (χ0) is 13.5. The molecule has 0 saturated heterocycles. The molecule has 0 amide bonds. The molecule has 3 rings (SSSR count). The number of anilines is 1. The van der Waals surface area contributed by atoms with Crippen LogP contribution in [0.1, 0.15) is 38.2 Å². The lowest BCUT2D eigenvalue weighted by Crippen LogP contribution is -2.28. The van der Waals surface area contributed by atoms with Crippen LogP contribution in [0.4, 0.5) is 5.69 Å². The highest BCUT2D eigenvalue weighted by Crippen LogP contribution is 2.38. The molecule has 0 atom stereocenters.